The molecule has 9 nitrogen and oxygen atoms in total. The number of alkyl halides is 3. The van der Waals surface area contributed by atoms with Crippen molar-refractivity contribution >= 4 is 40.3 Å². The number of rotatable bonds is 6. The van der Waals surface area contributed by atoms with Crippen LogP contribution in [-0.2, 0) is 4.79 Å². The highest BCUT2D eigenvalue weighted by Crippen LogP contribution is 2.33. The van der Waals surface area contributed by atoms with E-state index in [0.717, 1.165) is 33.5 Å². The maximum atomic E-state index is 12.9. The molecular weight excluding hydrogens is 605 g/mol. The molecule has 1 aliphatic rings. The predicted octanol–water partition coefficient (Wildman–Crippen LogP) is 7.58. The first-order chi connectivity index (χ1) is 21.3. The van der Waals surface area contributed by atoms with Crippen LogP contribution in [0, 0.1) is 20.8 Å². The summed E-state index contributed by atoms with van der Waals surface area (Å²) < 4.78 is 42.6. The van der Waals surface area contributed by atoms with E-state index >= 15 is 0 Å². The van der Waals surface area contributed by atoms with Gasteiger partial charge in [-0.2, -0.15) is 4.99 Å². The van der Waals surface area contributed by atoms with Crippen molar-refractivity contribution in [2.24, 2.45) is 9.98 Å². The van der Waals surface area contributed by atoms with Crippen LogP contribution in [0.3, 0.4) is 0 Å². The second-order valence-corrected chi connectivity index (χ2v) is 11.5. The quantitative estimate of drug-likeness (QED) is 0.203. The van der Waals surface area contributed by atoms with Gasteiger partial charge in [0.2, 0.25) is 5.91 Å². The van der Waals surface area contributed by atoms with Crippen LogP contribution in [0.15, 0.2) is 77.0 Å². The van der Waals surface area contributed by atoms with E-state index in [9.17, 15) is 22.8 Å². The lowest BCUT2D eigenvalue weighted by molar-refractivity contribution is -0.274. The van der Waals surface area contributed by atoms with Crippen LogP contribution in [0.1, 0.15) is 42.0 Å². The molecule has 1 atom stereocenters. The van der Waals surface area contributed by atoms with Crippen molar-refractivity contribution in [1.82, 2.24) is 14.8 Å². The lowest BCUT2D eigenvalue weighted by Gasteiger charge is -2.21. The van der Waals surface area contributed by atoms with Gasteiger partial charge in [-0.3, -0.25) is 9.69 Å². The smallest absolute Gasteiger partial charge is 0.406 e. The van der Waals surface area contributed by atoms with Gasteiger partial charge in [0.1, 0.15) is 12.1 Å². The van der Waals surface area contributed by atoms with Crippen LogP contribution < -0.4 is 9.64 Å². The Kier molecular flexibility index (Phi) is 8.91. The van der Waals surface area contributed by atoms with Crippen LogP contribution in [0.25, 0.3) is 17.1 Å². The third-order valence-corrected chi connectivity index (χ3v) is 8.13. The Morgan fingerprint density at radius 2 is 1.67 bits per heavy atom. The van der Waals surface area contributed by atoms with Gasteiger partial charge in [0.15, 0.2) is 11.0 Å². The second kappa shape index (κ2) is 12.7. The summed E-state index contributed by atoms with van der Waals surface area (Å²) in [6.07, 6.45) is -3.30. The van der Waals surface area contributed by atoms with Gasteiger partial charge in [0.25, 0.3) is 0 Å². The van der Waals surface area contributed by atoms with Gasteiger partial charge >= 0.3 is 12.4 Å². The Hall–Kier alpha value is -4.78. The van der Waals surface area contributed by atoms with E-state index in [1.54, 1.807) is 6.92 Å². The zero-order valence-corrected chi connectivity index (χ0v) is 25.9. The van der Waals surface area contributed by atoms with Gasteiger partial charge in [-0.25, -0.2) is 19.5 Å². The monoisotopic (exact) mass is 634 g/mol. The average molecular weight is 635 g/mol. The summed E-state index contributed by atoms with van der Waals surface area (Å²) in [7, 11) is 0. The highest BCUT2D eigenvalue weighted by atomic mass is 32.2. The molecule has 0 saturated carbocycles. The molecule has 4 aromatic rings. The Labute approximate surface area is 261 Å². The molecule has 0 radical (unpaired) electrons. The van der Waals surface area contributed by atoms with Crippen LogP contribution >= 0.6 is 11.8 Å². The van der Waals surface area contributed by atoms with Crippen LogP contribution in [0.5, 0.6) is 5.75 Å². The van der Waals surface area contributed by atoms with Gasteiger partial charge in [-0.05, 0) is 68.7 Å². The summed E-state index contributed by atoms with van der Waals surface area (Å²) in [5.41, 5.74) is 6.38. The number of carbonyl (C=O) groups is 2. The third-order valence-electron chi connectivity index (χ3n) is 7.21. The first kappa shape index (κ1) is 31.6. The van der Waals surface area contributed by atoms with E-state index in [4.69, 9.17) is 0 Å². The molecule has 0 spiro atoms. The zero-order valence-electron chi connectivity index (χ0n) is 25.1. The zero-order chi connectivity index (χ0) is 32.5. The number of ether oxygens (including phenoxy) is 1. The van der Waals surface area contributed by atoms with Gasteiger partial charge in [0, 0.05) is 17.2 Å². The van der Waals surface area contributed by atoms with Crippen molar-refractivity contribution in [2.45, 2.75) is 46.9 Å². The molecule has 1 aromatic heterocycles. The molecule has 0 bridgehead atoms. The number of hydrogen-bond donors (Lipinski definition) is 0. The number of aromatic nitrogens is 3. The molecule has 1 aliphatic heterocycles. The fourth-order valence-corrected chi connectivity index (χ4v) is 5.87. The molecule has 3 aromatic carbocycles. The maximum Gasteiger partial charge on any atom is 0.573 e. The fraction of sp³-hybridized carbons (Fsp3) is 0.250. The number of aryl methyl sites for hydroxylation is 3. The van der Waals surface area contributed by atoms with E-state index < -0.39 is 12.4 Å². The fourth-order valence-electron chi connectivity index (χ4n) is 5.03. The minimum absolute atomic E-state index is 0.136. The number of halogens is 3. The number of aliphatic imine (C=N–C) groups is 2. The summed E-state index contributed by atoms with van der Waals surface area (Å²) in [4.78, 5) is 39.9. The third kappa shape index (κ3) is 7.31. The Morgan fingerprint density at radius 1 is 1.02 bits per heavy atom. The van der Waals surface area contributed by atoms with Crippen molar-refractivity contribution in [3.8, 4) is 22.8 Å². The molecule has 2 heterocycles. The molecule has 0 N–H and O–H groups in total. The van der Waals surface area contributed by atoms with Crippen molar-refractivity contribution in [2.75, 3.05) is 10.7 Å². The minimum atomic E-state index is -4.77. The summed E-state index contributed by atoms with van der Waals surface area (Å²) in [5.74, 6) is -0.0505. The van der Waals surface area contributed by atoms with Crippen molar-refractivity contribution in [3.05, 3.63) is 89.2 Å². The number of amidine groups is 1. The molecule has 1 unspecified atom stereocenters. The van der Waals surface area contributed by atoms with Crippen LogP contribution in [0.4, 0.5) is 23.7 Å². The number of anilines is 1. The van der Waals surface area contributed by atoms with Crippen molar-refractivity contribution in [1.29, 1.82) is 0 Å². The molecule has 5 rings (SSSR count). The van der Waals surface area contributed by atoms with Gasteiger partial charge in [-0.15, -0.1) is 18.3 Å². The standard InChI is InChI=1S/C32H29F3N6O3S/c1-18-14-19(2)28(20(3)15-18)41-27(42)16-45-31(41)38-30(43)37-22(5)21(4)23-6-8-24(9-7-23)29-36-17-40(39-29)25-10-12-26(13-11-25)44-32(33,34)35/h6-15,17,21H,16H2,1-5H3. The Bertz CT molecular complexity index is 1790. The Balaban J connectivity index is 1.27. The molecule has 232 valence electrons. The Morgan fingerprint density at radius 3 is 2.29 bits per heavy atom. The largest absolute Gasteiger partial charge is 0.573 e. The minimum Gasteiger partial charge on any atom is -0.406 e. The first-order valence-corrected chi connectivity index (χ1v) is 14.9. The summed E-state index contributed by atoms with van der Waals surface area (Å²) >= 11 is 1.21. The summed E-state index contributed by atoms with van der Waals surface area (Å²) in [6.45, 7) is 9.53. The van der Waals surface area contributed by atoms with Gasteiger partial charge in [-0.1, -0.05) is 60.6 Å². The number of benzene rings is 3. The molecular formula is C32H29F3N6O3S. The number of nitrogens with zero attached hydrogens (tertiary/aromatic N) is 6. The van der Waals surface area contributed by atoms with Crippen molar-refractivity contribution < 1.29 is 27.5 Å². The van der Waals surface area contributed by atoms with E-state index in [-0.39, 0.29) is 23.3 Å². The molecule has 1 saturated heterocycles. The van der Waals surface area contributed by atoms with Gasteiger partial charge in [0.05, 0.1) is 17.1 Å². The van der Waals surface area contributed by atoms with Gasteiger partial charge < -0.3 is 4.74 Å². The maximum absolute atomic E-state index is 12.9. The lowest BCUT2D eigenvalue weighted by Crippen LogP contribution is -2.31. The lowest BCUT2D eigenvalue weighted by atomic mass is 9.96. The molecule has 13 heteroatoms. The molecule has 1 fully saturated rings. The average Bonchev–Trinajstić information content (AvgIpc) is 3.59. The predicted molar refractivity (Wildman–Crippen MR) is 168 cm³/mol. The normalized spacial score (nSPS) is 15.6. The SMILES string of the molecule is CC(=NC(=O)N=C1SCC(=O)N1c1c(C)cc(C)cc1C)C(C)c1ccc(-c2ncn(-c3ccc(OC(F)(F)F)cc3)n2)cc1. The second-order valence-electron chi connectivity index (χ2n) is 10.6. The van der Waals surface area contributed by atoms with E-state index in [0.29, 0.717) is 22.4 Å². The number of hydrogen-bond acceptors (Lipinski definition) is 6. The molecule has 0 aliphatic carbocycles. The van der Waals surface area contributed by atoms with E-state index in [1.807, 2.05) is 64.1 Å². The highest BCUT2D eigenvalue weighted by molar-refractivity contribution is 8.15. The number of carbonyl (C=O) groups excluding carboxylic acids is 2. The topological polar surface area (TPSA) is 102 Å². The first-order valence-electron chi connectivity index (χ1n) is 13.9. The summed E-state index contributed by atoms with van der Waals surface area (Å²) in [6, 6.07) is 16.1. The number of urea groups is 1. The molecule has 3 amide bonds. The van der Waals surface area contributed by atoms with Crippen LogP contribution in [-0.4, -0.2) is 49.7 Å². The number of thioether (sulfide) groups is 1. The van der Waals surface area contributed by atoms with E-state index in [1.165, 1.54) is 51.9 Å². The van der Waals surface area contributed by atoms with Crippen molar-refractivity contribution in [3.63, 3.8) is 0 Å². The summed E-state index contributed by atoms with van der Waals surface area (Å²) in [5, 5.41) is 4.74. The molecule has 45 heavy (non-hydrogen) atoms. The van der Waals surface area contributed by atoms with E-state index in [2.05, 4.69) is 24.8 Å². The highest BCUT2D eigenvalue weighted by Gasteiger charge is 2.33. The number of amides is 3. The van der Waals surface area contributed by atoms with Crippen LogP contribution in [0.2, 0.25) is 0 Å².